The van der Waals surface area contributed by atoms with E-state index in [-0.39, 0.29) is 17.9 Å². The summed E-state index contributed by atoms with van der Waals surface area (Å²) in [5.74, 6) is 0.329. The van der Waals surface area contributed by atoms with Crippen LogP contribution in [-0.4, -0.2) is 47.9 Å². The highest BCUT2D eigenvalue weighted by atomic mass is 32.2. The molecule has 1 aromatic heterocycles. The number of hydrogen-bond donors (Lipinski definition) is 2. The number of para-hydroxylation sites is 1. The fraction of sp³-hybridized carbons (Fsp3) is 0.360. The molecule has 1 saturated heterocycles. The molecule has 4 rings (SSSR count). The molecule has 1 aliphatic rings. The highest BCUT2D eigenvalue weighted by Crippen LogP contribution is 2.29. The van der Waals surface area contributed by atoms with Crippen LogP contribution >= 0.6 is 11.8 Å². The Morgan fingerprint density at radius 2 is 1.94 bits per heavy atom. The lowest BCUT2D eigenvalue weighted by Crippen LogP contribution is -2.32. The van der Waals surface area contributed by atoms with Crippen LogP contribution in [0.1, 0.15) is 28.8 Å². The van der Waals surface area contributed by atoms with Crippen LogP contribution in [0.15, 0.2) is 59.6 Å². The summed E-state index contributed by atoms with van der Waals surface area (Å²) in [4.78, 5) is 25.8. The Morgan fingerprint density at radius 3 is 2.75 bits per heavy atom. The van der Waals surface area contributed by atoms with Gasteiger partial charge in [0.25, 0.3) is 5.91 Å². The fourth-order valence-electron chi connectivity index (χ4n) is 3.95. The number of hydrogen-bond acceptors (Lipinski definition) is 4. The summed E-state index contributed by atoms with van der Waals surface area (Å²) >= 11 is 1.54. The van der Waals surface area contributed by atoms with Crippen molar-refractivity contribution in [1.29, 1.82) is 0 Å². The molecule has 6 nitrogen and oxygen atoms in total. The first-order valence-electron chi connectivity index (χ1n) is 11.0. The van der Waals surface area contributed by atoms with Gasteiger partial charge in [0.1, 0.15) is 0 Å². The number of thioether (sulfide) groups is 1. The van der Waals surface area contributed by atoms with Gasteiger partial charge in [0.15, 0.2) is 0 Å². The molecule has 0 spiro atoms. The van der Waals surface area contributed by atoms with E-state index in [9.17, 15) is 9.59 Å². The minimum Gasteiger partial charge on any atom is -0.376 e. The predicted molar refractivity (Wildman–Crippen MR) is 128 cm³/mol. The van der Waals surface area contributed by atoms with Crippen molar-refractivity contribution in [2.24, 2.45) is 0 Å². The first kappa shape index (κ1) is 22.4. The number of aryl methyl sites for hydroxylation is 1. The normalized spacial score (nSPS) is 15.7. The standard InChI is InChI=1S/C25H29N3O3S/c1-18-7-2-3-9-20(18)25(30)26-12-13-28-16-23(21-10-4-5-11-22(21)28)32-17-24(29)27-15-19-8-6-14-31-19/h2-5,7,9-11,16,19H,6,8,12-15,17H2,1H3,(H,26,30)(H,27,29)/t19-/m0/s1. The van der Waals surface area contributed by atoms with Gasteiger partial charge in [-0.05, 0) is 37.5 Å². The van der Waals surface area contributed by atoms with Crippen molar-refractivity contribution >= 4 is 34.5 Å². The molecule has 1 fully saturated rings. The van der Waals surface area contributed by atoms with Crippen LogP contribution in [0.5, 0.6) is 0 Å². The van der Waals surface area contributed by atoms with E-state index in [1.54, 1.807) is 0 Å². The number of rotatable bonds is 9. The molecule has 1 atom stereocenters. The molecule has 7 heteroatoms. The second-order valence-corrected chi connectivity index (χ2v) is 9.02. The Bertz CT molecular complexity index is 1090. The summed E-state index contributed by atoms with van der Waals surface area (Å²) in [6.45, 7) is 4.50. The van der Waals surface area contributed by atoms with Gasteiger partial charge in [0.05, 0.1) is 11.9 Å². The topological polar surface area (TPSA) is 72.4 Å². The Kier molecular flexibility index (Phi) is 7.50. The van der Waals surface area contributed by atoms with Gasteiger partial charge in [-0.2, -0.15) is 0 Å². The van der Waals surface area contributed by atoms with E-state index >= 15 is 0 Å². The predicted octanol–water partition coefficient (Wildman–Crippen LogP) is 3.77. The molecule has 0 saturated carbocycles. The zero-order chi connectivity index (χ0) is 22.3. The van der Waals surface area contributed by atoms with Gasteiger partial charge < -0.3 is 19.9 Å². The summed E-state index contributed by atoms with van der Waals surface area (Å²) < 4.78 is 7.70. The second kappa shape index (κ2) is 10.7. The lowest BCUT2D eigenvalue weighted by molar-refractivity contribution is -0.119. The van der Waals surface area contributed by atoms with E-state index in [0.717, 1.165) is 40.8 Å². The number of benzene rings is 2. The van der Waals surface area contributed by atoms with Crippen molar-refractivity contribution < 1.29 is 14.3 Å². The van der Waals surface area contributed by atoms with Crippen LogP contribution in [0.25, 0.3) is 10.9 Å². The molecule has 1 aliphatic heterocycles. The van der Waals surface area contributed by atoms with Crippen LogP contribution in [-0.2, 0) is 16.1 Å². The molecular formula is C25H29N3O3S. The first-order chi connectivity index (χ1) is 15.6. The average Bonchev–Trinajstić information content (AvgIpc) is 3.45. The fourth-order valence-corrected chi connectivity index (χ4v) is 4.87. The van der Waals surface area contributed by atoms with E-state index in [0.29, 0.717) is 31.0 Å². The van der Waals surface area contributed by atoms with Gasteiger partial charge in [0.2, 0.25) is 5.91 Å². The number of nitrogens with zero attached hydrogens (tertiary/aromatic N) is 1. The van der Waals surface area contributed by atoms with Crippen molar-refractivity contribution in [3.63, 3.8) is 0 Å². The average molecular weight is 452 g/mol. The largest absolute Gasteiger partial charge is 0.376 e. The summed E-state index contributed by atoms with van der Waals surface area (Å²) in [5.41, 5.74) is 2.77. The first-order valence-corrected chi connectivity index (χ1v) is 12.0. The molecule has 0 radical (unpaired) electrons. The molecule has 2 N–H and O–H groups in total. The minimum absolute atomic E-state index is 0.0211. The van der Waals surface area contributed by atoms with E-state index in [1.165, 1.54) is 11.8 Å². The maximum absolute atomic E-state index is 12.5. The lowest BCUT2D eigenvalue weighted by Gasteiger charge is -2.10. The molecule has 32 heavy (non-hydrogen) atoms. The molecule has 2 aromatic carbocycles. The summed E-state index contributed by atoms with van der Waals surface area (Å²) in [6, 6.07) is 15.7. The van der Waals surface area contributed by atoms with Crippen molar-refractivity contribution in [3.8, 4) is 0 Å². The van der Waals surface area contributed by atoms with Gasteiger partial charge in [0, 0.05) is 53.8 Å². The second-order valence-electron chi connectivity index (χ2n) is 8.00. The van der Waals surface area contributed by atoms with E-state index in [1.807, 2.05) is 43.3 Å². The Labute approximate surface area is 192 Å². The lowest BCUT2D eigenvalue weighted by atomic mass is 10.1. The van der Waals surface area contributed by atoms with Crippen LogP contribution in [0.2, 0.25) is 0 Å². The van der Waals surface area contributed by atoms with Crippen molar-refractivity contribution in [2.75, 3.05) is 25.4 Å². The molecule has 0 unspecified atom stereocenters. The van der Waals surface area contributed by atoms with Gasteiger partial charge in [-0.25, -0.2) is 0 Å². The quantitative estimate of drug-likeness (QED) is 0.486. The van der Waals surface area contributed by atoms with Crippen LogP contribution in [0, 0.1) is 6.92 Å². The molecule has 2 heterocycles. The van der Waals surface area contributed by atoms with Crippen LogP contribution in [0.3, 0.4) is 0 Å². The number of carbonyl (C=O) groups excluding carboxylic acids is 2. The minimum atomic E-state index is -0.0583. The molecule has 0 bridgehead atoms. The van der Waals surface area contributed by atoms with Gasteiger partial charge in [-0.15, -0.1) is 11.8 Å². The highest BCUT2D eigenvalue weighted by Gasteiger charge is 2.17. The molecule has 168 valence electrons. The Hall–Kier alpha value is -2.77. The third kappa shape index (κ3) is 5.53. The third-order valence-corrected chi connectivity index (χ3v) is 6.73. The van der Waals surface area contributed by atoms with E-state index < -0.39 is 0 Å². The number of amides is 2. The highest BCUT2D eigenvalue weighted by molar-refractivity contribution is 8.00. The maximum atomic E-state index is 12.5. The molecule has 3 aromatic rings. The molecular weight excluding hydrogens is 422 g/mol. The van der Waals surface area contributed by atoms with Crippen molar-refractivity contribution in [1.82, 2.24) is 15.2 Å². The van der Waals surface area contributed by atoms with E-state index in [2.05, 4.69) is 33.5 Å². The SMILES string of the molecule is Cc1ccccc1C(=O)NCCn1cc(SCC(=O)NC[C@@H]2CCCO2)c2ccccc21. The van der Waals surface area contributed by atoms with Gasteiger partial charge in [-0.3, -0.25) is 9.59 Å². The monoisotopic (exact) mass is 451 g/mol. The number of ether oxygens (including phenoxy) is 1. The number of aromatic nitrogens is 1. The Morgan fingerprint density at radius 1 is 1.12 bits per heavy atom. The maximum Gasteiger partial charge on any atom is 0.251 e. The number of nitrogens with one attached hydrogen (secondary N) is 2. The third-order valence-electron chi connectivity index (χ3n) is 5.69. The molecule has 2 amide bonds. The van der Waals surface area contributed by atoms with E-state index in [4.69, 9.17) is 4.74 Å². The number of fused-ring (bicyclic) bond motifs is 1. The smallest absolute Gasteiger partial charge is 0.251 e. The summed E-state index contributed by atoms with van der Waals surface area (Å²) in [6.07, 6.45) is 4.31. The summed E-state index contributed by atoms with van der Waals surface area (Å²) in [7, 11) is 0. The van der Waals surface area contributed by atoms with Crippen molar-refractivity contribution in [2.45, 2.75) is 37.3 Å². The number of carbonyl (C=O) groups is 2. The zero-order valence-electron chi connectivity index (χ0n) is 18.3. The van der Waals surface area contributed by atoms with Gasteiger partial charge >= 0.3 is 0 Å². The van der Waals surface area contributed by atoms with Gasteiger partial charge in [-0.1, -0.05) is 36.4 Å². The van der Waals surface area contributed by atoms with Crippen LogP contribution in [0.4, 0.5) is 0 Å². The van der Waals surface area contributed by atoms with Crippen molar-refractivity contribution in [3.05, 3.63) is 65.9 Å². The summed E-state index contributed by atoms with van der Waals surface area (Å²) in [5, 5.41) is 7.11. The zero-order valence-corrected chi connectivity index (χ0v) is 19.1. The van der Waals surface area contributed by atoms with Crippen LogP contribution < -0.4 is 10.6 Å². The Balaban J connectivity index is 1.34. The molecule has 0 aliphatic carbocycles.